The van der Waals surface area contributed by atoms with E-state index in [1.54, 1.807) is 0 Å². The summed E-state index contributed by atoms with van der Waals surface area (Å²) in [7, 11) is 0. The molecule has 19 heavy (non-hydrogen) atoms. The number of allylic oxidation sites excluding steroid dienone is 4. The molecule has 0 fully saturated rings. The molecule has 2 heteroatoms. The van der Waals surface area contributed by atoms with Gasteiger partial charge in [0.05, 0.1) is 5.70 Å². The Balaban J connectivity index is 3.34. The maximum atomic E-state index is 4.29. The van der Waals surface area contributed by atoms with Gasteiger partial charge in [0.1, 0.15) is 0 Å². The van der Waals surface area contributed by atoms with E-state index in [0.29, 0.717) is 6.04 Å². The summed E-state index contributed by atoms with van der Waals surface area (Å²) in [6, 6.07) is 0.569. The van der Waals surface area contributed by atoms with Gasteiger partial charge in [-0.15, -0.1) is 0 Å². The van der Waals surface area contributed by atoms with Crippen molar-refractivity contribution in [2.24, 2.45) is 4.99 Å². The average molecular weight is 260 g/mol. The molecule has 0 aromatic rings. The highest BCUT2D eigenvalue weighted by molar-refractivity contribution is 5.48. The topological polar surface area (TPSA) is 15.6 Å². The zero-order valence-electron chi connectivity index (χ0n) is 13.2. The van der Waals surface area contributed by atoms with Crippen LogP contribution in [0.25, 0.3) is 0 Å². The van der Waals surface area contributed by atoms with E-state index in [1.165, 1.54) is 16.8 Å². The van der Waals surface area contributed by atoms with Crippen molar-refractivity contribution in [3.63, 3.8) is 0 Å². The van der Waals surface area contributed by atoms with Crippen LogP contribution in [0, 0.1) is 0 Å². The van der Waals surface area contributed by atoms with Gasteiger partial charge in [0.15, 0.2) is 0 Å². The van der Waals surface area contributed by atoms with Gasteiger partial charge in [-0.1, -0.05) is 26.0 Å². The normalized spacial score (nSPS) is 17.5. The first-order valence-corrected chi connectivity index (χ1v) is 7.43. The summed E-state index contributed by atoms with van der Waals surface area (Å²) < 4.78 is 0. The quantitative estimate of drug-likeness (QED) is 0.632. The van der Waals surface area contributed by atoms with Gasteiger partial charge in [-0.05, 0) is 51.5 Å². The van der Waals surface area contributed by atoms with E-state index in [2.05, 4.69) is 63.4 Å². The molecular weight excluding hydrogens is 232 g/mol. The van der Waals surface area contributed by atoms with Crippen LogP contribution in [0.3, 0.4) is 0 Å². The molecule has 0 bridgehead atoms. The maximum absolute atomic E-state index is 4.29. The van der Waals surface area contributed by atoms with E-state index in [4.69, 9.17) is 0 Å². The van der Waals surface area contributed by atoms with Gasteiger partial charge >= 0.3 is 0 Å². The molecule has 0 heterocycles. The van der Waals surface area contributed by atoms with E-state index in [0.717, 1.165) is 31.5 Å². The fourth-order valence-electron chi connectivity index (χ4n) is 2.80. The number of nitrogens with zero attached hydrogens (tertiary/aromatic N) is 2. The van der Waals surface area contributed by atoms with E-state index in [-0.39, 0.29) is 0 Å². The van der Waals surface area contributed by atoms with Crippen LogP contribution in [0.15, 0.2) is 39.7 Å². The lowest BCUT2D eigenvalue weighted by Crippen LogP contribution is -2.32. The number of hydrogen-bond acceptors (Lipinski definition) is 2. The summed E-state index contributed by atoms with van der Waals surface area (Å²) in [5.41, 5.74) is 5.09. The first kappa shape index (κ1) is 15.7. The van der Waals surface area contributed by atoms with Crippen molar-refractivity contribution >= 4 is 6.72 Å². The second kappa shape index (κ2) is 7.32. The summed E-state index contributed by atoms with van der Waals surface area (Å²) in [5, 5.41) is 0. The first-order chi connectivity index (χ1) is 9.10. The van der Waals surface area contributed by atoms with Crippen LogP contribution >= 0.6 is 0 Å². The maximum Gasteiger partial charge on any atom is 0.0700 e. The van der Waals surface area contributed by atoms with Gasteiger partial charge in [0, 0.05) is 24.7 Å². The zero-order chi connectivity index (χ0) is 14.4. The monoisotopic (exact) mass is 260 g/mol. The Hall–Kier alpha value is -1.31. The molecule has 0 aromatic heterocycles. The molecule has 0 amide bonds. The van der Waals surface area contributed by atoms with Gasteiger partial charge < -0.3 is 4.90 Å². The lowest BCUT2D eigenvalue weighted by molar-refractivity contribution is 0.267. The molecule has 0 radical (unpaired) electrons. The number of hydrogen-bond donors (Lipinski definition) is 0. The Labute approximate surface area is 118 Å². The van der Waals surface area contributed by atoms with Crippen molar-refractivity contribution < 1.29 is 0 Å². The summed E-state index contributed by atoms with van der Waals surface area (Å²) >= 11 is 0. The van der Waals surface area contributed by atoms with Crippen molar-refractivity contribution in [2.75, 3.05) is 6.54 Å². The van der Waals surface area contributed by atoms with Crippen LogP contribution in [-0.2, 0) is 0 Å². The van der Waals surface area contributed by atoms with Gasteiger partial charge in [0.25, 0.3) is 0 Å². The lowest BCUT2D eigenvalue weighted by atomic mass is 10.0. The summed E-state index contributed by atoms with van der Waals surface area (Å²) in [4.78, 5) is 6.81. The molecule has 1 unspecified atom stereocenters. The van der Waals surface area contributed by atoms with Crippen molar-refractivity contribution in [1.29, 1.82) is 0 Å². The predicted octanol–water partition coefficient (Wildman–Crippen LogP) is 4.71. The van der Waals surface area contributed by atoms with Crippen LogP contribution in [0.2, 0.25) is 0 Å². The average Bonchev–Trinajstić information content (AvgIpc) is 2.58. The molecule has 0 aliphatic heterocycles. The van der Waals surface area contributed by atoms with Crippen LogP contribution in [0.5, 0.6) is 0 Å². The molecule has 0 aromatic carbocycles. The van der Waals surface area contributed by atoms with Gasteiger partial charge in [-0.2, -0.15) is 0 Å². The molecule has 1 aliphatic rings. The van der Waals surface area contributed by atoms with E-state index >= 15 is 0 Å². The fraction of sp³-hybridized carbons (Fsp3) is 0.588. The fourth-order valence-corrected chi connectivity index (χ4v) is 2.80. The third-order valence-corrected chi connectivity index (χ3v) is 4.01. The van der Waals surface area contributed by atoms with Crippen molar-refractivity contribution in [2.45, 2.75) is 59.9 Å². The second-order valence-corrected chi connectivity index (χ2v) is 5.12. The molecule has 1 aliphatic carbocycles. The van der Waals surface area contributed by atoms with Gasteiger partial charge in [-0.3, -0.25) is 4.99 Å². The van der Waals surface area contributed by atoms with Gasteiger partial charge in [-0.25, -0.2) is 0 Å². The molecule has 0 saturated heterocycles. The standard InChI is InChI=1S/C17H28N2/c1-7-14(5)19(9-3)16-12-10-11-13(4)17(18-6)15(16)8-2/h10-11,14H,6-9,12H2,1-5H3. The SMILES string of the molecule is C=NC1=C(C)C=CCC(N(CC)C(C)CC)=C1CC. The minimum Gasteiger partial charge on any atom is -0.372 e. The summed E-state index contributed by atoms with van der Waals surface area (Å²) in [6.45, 7) is 15.9. The van der Waals surface area contributed by atoms with Crippen LogP contribution in [0.1, 0.15) is 53.9 Å². The van der Waals surface area contributed by atoms with Crippen LogP contribution < -0.4 is 0 Å². The summed E-state index contributed by atoms with van der Waals surface area (Å²) in [5.74, 6) is 0. The van der Waals surface area contributed by atoms with E-state index in [9.17, 15) is 0 Å². The highest BCUT2D eigenvalue weighted by Crippen LogP contribution is 2.31. The molecule has 0 N–H and O–H groups in total. The number of aliphatic imine (C=N–C) groups is 1. The molecule has 0 saturated carbocycles. The Morgan fingerprint density at radius 1 is 1.37 bits per heavy atom. The molecule has 2 nitrogen and oxygen atoms in total. The minimum absolute atomic E-state index is 0.569. The Morgan fingerprint density at radius 2 is 2.05 bits per heavy atom. The van der Waals surface area contributed by atoms with Crippen molar-refractivity contribution in [3.05, 3.63) is 34.7 Å². The molecule has 1 atom stereocenters. The lowest BCUT2D eigenvalue weighted by Gasteiger charge is -2.33. The van der Waals surface area contributed by atoms with Crippen LogP contribution in [-0.4, -0.2) is 24.2 Å². The highest BCUT2D eigenvalue weighted by Gasteiger charge is 2.20. The largest absolute Gasteiger partial charge is 0.372 e. The Bertz CT molecular complexity index is 413. The predicted molar refractivity (Wildman–Crippen MR) is 85.5 cm³/mol. The summed E-state index contributed by atoms with van der Waals surface area (Å²) in [6.07, 6.45) is 7.60. The third-order valence-electron chi connectivity index (χ3n) is 4.01. The van der Waals surface area contributed by atoms with E-state index < -0.39 is 0 Å². The van der Waals surface area contributed by atoms with Crippen molar-refractivity contribution in [3.8, 4) is 0 Å². The van der Waals surface area contributed by atoms with Crippen molar-refractivity contribution in [1.82, 2.24) is 4.90 Å². The van der Waals surface area contributed by atoms with Crippen LogP contribution in [0.4, 0.5) is 0 Å². The molecular formula is C17H28N2. The van der Waals surface area contributed by atoms with Gasteiger partial charge in [0.2, 0.25) is 0 Å². The van der Waals surface area contributed by atoms with E-state index in [1.807, 2.05) is 0 Å². The highest BCUT2D eigenvalue weighted by atomic mass is 15.2. The molecule has 106 valence electrons. The third kappa shape index (κ3) is 3.37. The first-order valence-electron chi connectivity index (χ1n) is 7.43. The zero-order valence-corrected chi connectivity index (χ0v) is 13.2. The Morgan fingerprint density at radius 3 is 2.53 bits per heavy atom. The molecule has 1 rings (SSSR count). The minimum atomic E-state index is 0.569. The Kier molecular flexibility index (Phi) is 6.07. The second-order valence-electron chi connectivity index (χ2n) is 5.12. The smallest absolute Gasteiger partial charge is 0.0700 e. The molecule has 0 spiro atoms. The number of rotatable bonds is 6.